The van der Waals surface area contributed by atoms with Crippen molar-refractivity contribution in [2.24, 2.45) is 5.16 Å². The summed E-state index contributed by atoms with van der Waals surface area (Å²) in [6, 6.07) is 7.20. The van der Waals surface area contributed by atoms with Gasteiger partial charge in [0.05, 0.1) is 12.8 Å². The second kappa shape index (κ2) is 5.90. The van der Waals surface area contributed by atoms with Crippen LogP contribution in [0.5, 0.6) is 5.75 Å². The van der Waals surface area contributed by atoms with Gasteiger partial charge in [-0.05, 0) is 12.1 Å². The Bertz CT molecular complexity index is 448. The molecular formula is C12H15N3O3. The Kier molecular flexibility index (Phi) is 4.01. The number of amides is 2. The molecule has 2 amide bonds. The average molecular weight is 249 g/mol. The summed E-state index contributed by atoms with van der Waals surface area (Å²) in [7, 11) is 0. The lowest BCUT2D eigenvalue weighted by molar-refractivity contribution is 0.202. The fraction of sp³-hybridized carbons (Fsp3) is 0.333. The molecule has 0 unspecified atom stereocenters. The molecule has 0 aromatic heterocycles. The van der Waals surface area contributed by atoms with E-state index in [1.165, 1.54) is 6.21 Å². The van der Waals surface area contributed by atoms with E-state index >= 15 is 0 Å². The Morgan fingerprint density at radius 1 is 1.50 bits per heavy atom. The zero-order chi connectivity index (χ0) is 12.8. The average Bonchev–Trinajstić information content (AvgIpc) is 2.78. The second-order valence-electron chi connectivity index (χ2n) is 3.85. The van der Waals surface area contributed by atoms with E-state index in [0.717, 1.165) is 0 Å². The number of para-hydroxylation sites is 1. The number of oxime groups is 1. The molecule has 1 heterocycles. The zero-order valence-electron chi connectivity index (χ0n) is 9.87. The molecule has 1 fully saturated rings. The molecular weight excluding hydrogens is 234 g/mol. The van der Waals surface area contributed by atoms with Crippen LogP contribution in [-0.4, -0.2) is 48.6 Å². The molecule has 1 saturated heterocycles. The minimum Gasteiger partial charge on any atom is -0.491 e. The number of hydrogen-bond acceptors (Lipinski definition) is 4. The summed E-state index contributed by atoms with van der Waals surface area (Å²) in [5, 5.41) is 14.2. The van der Waals surface area contributed by atoms with Gasteiger partial charge in [0.2, 0.25) is 0 Å². The van der Waals surface area contributed by atoms with Crippen molar-refractivity contribution in [3.63, 3.8) is 0 Å². The first-order chi connectivity index (χ1) is 8.81. The molecule has 1 aromatic carbocycles. The fourth-order valence-corrected chi connectivity index (χ4v) is 1.77. The topological polar surface area (TPSA) is 74.2 Å². The number of nitrogens with one attached hydrogen (secondary N) is 1. The van der Waals surface area contributed by atoms with Gasteiger partial charge in [0.15, 0.2) is 0 Å². The number of rotatable bonds is 5. The Morgan fingerprint density at radius 2 is 2.33 bits per heavy atom. The number of carbonyl (C=O) groups is 1. The molecule has 6 heteroatoms. The SMILES string of the molecule is O=C1NCCN1CCOc1ccccc1/C=N/O. The lowest BCUT2D eigenvalue weighted by Gasteiger charge is -2.15. The summed E-state index contributed by atoms with van der Waals surface area (Å²) in [5.74, 6) is 0.634. The molecule has 6 nitrogen and oxygen atoms in total. The maximum atomic E-state index is 11.3. The summed E-state index contributed by atoms with van der Waals surface area (Å²) in [5.41, 5.74) is 0.700. The number of nitrogens with zero attached hydrogens (tertiary/aromatic N) is 2. The number of ether oxygens (including phenoxy) is 1. The van der Waals surface area contributed by atoms with Crippen LogP contribution in [-0.2, 0) is 0 Å². The largest absolute Gasteiger partial charge is 0.491 e. The van der Waals surface area contributed by atoms with Crippen molar-refractivity contribution in [1.82, 2.24) is 10.2 Å². The molecule has 0 spiro atoms. The molecule has 0 radical (unpaired) electrons. The standard InChI is InChI=1S/C12H15N3O3/c16-12-13-5-6-15(12)7-8-18-11-4-2-1-3-10(11)9-14-17/h1-4,9,17H,5-8H2,(H,13,16)/b14-9+. The Labute approximate surface area is 105 Å². The van der Waals surface area contributed by atoms with Crippen LogP contribution in [0.2, 0.25) is 0 Å². The van der Waals surface area contributed by atoms with Gasteiger partial charge in [-0.2, -0.15) is 0 Å². The monoisotopic (exact) mass is 249 g/mol. The highest BCUT2D eigenvalue weighted by atomic mass is 16.5. The molecule has 96 valence electrons. The predicted molar refractivity (Wildman–Crippen MR) is 66.3 cm³/mol. The van der Waals surface area contributed by atoms with E-state index in [1.807, 2.05) is 12.1 Å². The molecule has 2 N–H and O–H groups in total. The van der Waals surface area contributed by atoms with Crippen LogP contribution < -0.4 is 10.1 Å². The van der Waals surface area contributed by atoms with Crippen LogP contribution >= 0.6 is 0 Å². The molecule has 18 heavy (non-hydrogen) atoms. The van der Waals surface area contributed by atoms with E-state index in [4.69, 9.17) is 9.94 Å². The fourth-order valence-electron chi connectivity index (χ4n) is 1.77. The van der Waals surface area contributed by atoms with Gasteiger partial charge in [0.25, 0.3) is 0 Å². The molecule has 1 aromatic rings. The Morgan fingerprint density at radius 3 is 3.06 bits per heavy atom. The number of carbonyl (C=O) groups excluding carboxylic acids is 1. The van der Waals surface area contributed by atoms with E-state index < -0.39 is 0 Å². The third kappa shape index (κ3) is 2.91. The third-order valence-corrected chi connectivity index (χ3v) is 2.68. The number of urea groups is 1. The van der Waals surface area contributed by atoms with Gasteiger partial charge in [-0.15, -0.1) is 0 Å². The van der Waals surface area contributed by atoms with Crippen molar-refractivity contribution >= 4 is 12.2 Å². The van der Waals surface area contributed by atoms with Crippen molar-refractivity contribution in [3.8, 4) is 5.75 Å². The molecule has 1 aliphatic rings. The highest BCUT2D eigenvalue weighted by Crippen LogP contribution is 2.15. The van der Waals surface area contributed by atoms with Gasteiger partial charge in [0.1, 0.15) is 12.4 Å². The predicted octanol–water partition coefficient (Wildman–Crippen LogP) is 0.899. The summed E-state index contributed by atoms with van der Waals surface area (Å²) in [6.07, 6.45) is 1.32. The molecule has 0 aliphatic carbocycles. The van der Waals surface area contributed by atoms with Crippen molar-refractivity contribution in [2.75, 3.05) is 26.2 Å². The van der Waals surface area contributed by atoms with Gasteiger partial charge in [-0.3, -0.25) is 0 Å². The van der Waals surface area contributed by atoms with E-state index in [1.54, 1.807) is 17.0 Å². The van der Waals surface area contributed by atoms with Gasteiger partial charge < -0.3 is 20.2 Å². The first kappa shape index (κ1) is 12.2. The van der Waals surface area contributed by atoms with Crippen LogP contribution in [0.25, 0.3) is 0 Å². The lowest BCUT2D eigenvalue weighted by atomic mass is 10.2. The first-order valence-electron chi connectivity index (χ1n) is 5.73. The Hall–Kier alpha value is -2.24. The van der Waals surface area contributed by atoms with E-state index in [-0.39, 0.29) is 6.03 Å². The van der Waals surface area contributed by atoms with Crippen LogP contribution in [0, 0.1) is 0 Å². The van der Waals surface area contributed by atoms with Gasteiger partial charge >= 0.3 is 6.03 Å². The smallest absolute Gasteiger partial charge is 0.317 e. The molecule has 0 bridgehead atoms. The highest BCUT2D eigenvalue weighted by molar-refractivity contribution is 5.82. The van der Waals surface area contributed by atoms with Crippen molar-refractivity contribution < 1.29 is 14.7 Å². The van der Waals surface area contributed by atoms with Crippen LogP contribution in [0.3, 0.4) is 0 Å². The highest BCUT2D eigenvalue weighted by Gasteiger charge is 2.18. The van der Waals surface area contributed by atoms with Crippen LogP contribution in [0.1, 0.15) is 5.56 Å². The number of benzene rings is 1. The summed E-state index contributed by atoms with van der Waals surface area (Å²) in [6.45, 7) is 2.34. The van der Waals surface area contributed by atoms with Crippen LogP contribution in [0.15, 0.2) is 29.4 Å². The van der Waals surface area contributed by atoms with E-state index in [0.29, 0.717) is 37.6 Å². The minimum absolute atomic E-state index is 0.0520. The summed E-state index contributed by atoms with van der Waals surface area (Å²) >= 11 is 0. The van der Waals surface area contributed by atoms with Gasteiger partial charge in [0, 0.05) is 18.7 Å². The normalized spacial score (nSPS) is 15.1. The maximum Gasteiger partial charge on any atom is 0.317 e. The van der Waals surface area contributed by atoms with Gasteiger partial charge in [-0.1, -0.05) is 17.3 Å². The Balaban J connectivity index is 1.88. The summed E-state index contributed by atoms with van der Waals surface area (Å²) < 4.78 is 5.58. The first-order valence-corrected chi connectivity index (χ1v) is 5.73. The van der Waals surface area contributed by atoms with Crippen LogP contribution in [0.4, 0.5) is 4.79 Å². The lowest BCUT2D eigenvalue weighted by Crippen LogP contribution is -2.31. The van der Waals surface area contributed by atoms with Crippen molar-refractivity contribution in [2.45, 2.75) is 0 Å². The maximum absolute atomic E-state index is 11.3. The minimum atomic E-state index is -0.0520. The van der Waals surface area contributed by atoms with Crippen molar-refractivity contribution in [1.29, 1.82) is 0 Å². The molecule has 0 saturated carbocycles. The quantitative estimate of drug-likeness (QED) is 0.462. The van der Waals surface area contributed by atoms with E-state index in [2.05, 4.69) is 10.5 Å². The second-order valence-corrected chi connectivity index (χ2v) is 3.85. The third-order valence-electron chi connectivity index (χ3n) is 2.68. The van der Waals surface area contributed by atoms with Gasteiger partial charge in [-0.25, -0.2) is 4.79 Å². The zero-order valence-corrected chi connectivity index (χ0v) is 9.87. The summed E-state index contributed by atoms with van der Waals surface area (Å²) in [4.78, 5) is 13.0. The molecule has 0 atom stereocenters. The molecule has 1 aliphatic heterocycles. The van der Waals surface area contributed by atoms with Crippen molar-refractivity contribution in [3.05, 3.63) is 29.8 Å². The molecule has 2 rings (SSSR count). The number of hydrogen-bond donors (Lipinski definition) is 2. The van der Waals surface area contributed by atoms with E-state index in [9.17, 15) is 4.79 Å².